The first-order valence-electron chi connectivity index (χ1n) is 5.60. The van der Waals surface area contributed by atoms with Gasteiger partial charge in [-0.25, -0.2) is 8.78 Å². The lowest BCUT2D eigenvalue weighted by molar-refractivity contribution is -0.145. The van der Waals surface area contributed by atoms with Crippen LogP contribution in [0.3, 0.4) is 0 Å². The summed E-state index contributed by atoms with van der Waals surface area (Å²) in [7, 11) is 0. The Morgan fingerprint density at radius 1 is 1.33 bits per heavy atom. The van der Waals surface area contributed by atoms with E-state index in [0.717, 1.165) is 6.07 Å². The molecule has 0 amide bonds. The fourth-order valence-corrected chi connectivity index (χ4v) is 2.05. The number of ether oxygens (including phenoxy) is 1. The van der Waals surface area contributed by atoms with Crippen LogP contribution in [0.15, 0.2) is 18.2 Å². The molecule has 4 nitrogen and oxygen atoms in total. The fourth-order valence-electron chi connectivity index (χ4n) is 2.05. The maximum atomic E-state index is 13.7. The van der Waals surface area contributed by atoms with E-state index in [9.17, 15) is 18.7 Å². The van der Waals surface area contributed by atoms with E-state index in [1.165, 1.54) is 12.1 Å². The summed E-state index contributed by atoms with van der Waals surface area (Å²) in [5.74, 6) is -3.33. The van der Waals surface area contributed by atoms with Crippen molar-refractivity contribution in [1.29, 1.82) is 0 Å². The standard InChI is InChI=1S/C12H13F2NO3/c13-9-3-1-2-8(10(9)14)11(12(16)17)15-4-6-18-7-5-15/h1-3,11H,4-7H2,(H,16,17). The molecule has 0 saturated carbocycles. The minimum absolute atomic E-state index is 0.149. The molecule has 1 fully saturated rings. The van der Waals surface area contributed by atoms with Gasteiger partial charge in [0, 0.05) is 18.7 Å². The number of benzene rings is 1. The highest BCUT2D eigenvalue weighted by Gasteiger charge is 2.31. The van der Waals surface area contributed by atoms with Crippen molar-refractivity contribution in [3.8, 4) is 0 Å². The molecule has 0 aliphatic carbocycles. The smallest absolute Gasteiger partial charge is 0.325 e. The Bertz CT molecular complexity index is 447. The highest BCUT2D eigenvalue weighted by molar-refractivity contribution is 5.75. The van der Waals surface area contributed by atoms with Crippen molar-refractivity contribution >= 4 is 5.97 Å². The summed E-state index contributed by atoms with van der Waals surface area (Å²) in [6.45, 7) is 1.54. The quantitative estimate of drug-likeness (QED) is 0.889. The summed E-state index contributed by atoms with van der Waals surface area (Å²) in [6.07, 6.45) is 0. The molecule has 0 aromatic heterocycles. The van der Waals surface area contributed by atoms with Crippen LogP contribution in [0, 0.1) is 11.6 Å². The Labute approximate surface area is 103 Å². The first kappa shape index (κ1) is 12.9. The van der Waals surface area contributed by atoms with E-state index in [2.05, 4.69) is 0 Å². The zero-order valence-electron chi connectivity index (χ0n) is 9.60. The second kappa shape index (κ2) is 5.41. The second-order valence-electron chi connectivity index (χ2n) is 4.03. The van der Waals surface area contributed by atoms with Crippen molar-refractivity contribution < 1.29 is 23.4 Å². The van der Waals surface area contributed by atoms with Crippen LogP contribution in [0.4, 0.5) is 8.78 Å². The minimum atomic E-state index is -1.19. The van der Waals surface area contributed by atoms with Crippen LogP contribution in [0.1, 0.15) is 11.6 Å². The second-order valence-corrected chi connectivity index (χ2v) is 4.03. The van der Waals surface area contributed by atoms with E-state index in [1.54, 1.807) is 4.90 Å². The van der Waals surface area contributed by atoms with Gasteiger partial charge in [0.15, 0.2) is 11.6 Å². The van der Waals surface area contributed by atoms with Gasteiger partial charge in [-0.05, 0) is 6.07 Å². The molecule has 1 aliphatic heterocycles. The summed E-state index contributed by atoms with van der Waals surface area (Å²) < 4.78 is 31.9. The topological polar surface area (TPSA) is 49.8 Å². The number of halogens is 2. The zero-order chi connectivity index (χ0) is 13.1. The van der Waals surface area contributed by atoms with Crippen LogP contribution in [0.5, 0.6) is 0 Å². The highest BCUT2D eigenvalue weighted by atomic mass is 19.2. The Morgan fingerprint density at radius 3 is 2.61 bits per heavy atom. The predicted molar refractivity (Wildman–Crippen MR) is 59.1 cm³/mol. The largest absolute Gasteiger partial charge is 0.480 e. The van der Waals surface area contributed by atoms with Crippen molar-refractivity contribution in [3.05, 3.63) is 35.4 Å². The number of carboxylic acids is 1. The molecular weight excluding hydrogens is 244 g/mol. The number of morpholine rings is 1. The van der Waals surface area contributed by atoms with Crippen molar-refractivity contribution in [2.75, 3.05) is 26.3 Å². The Balaban J connectivity index is 2.34. The monoisotopic (exact) mass is 257 g/mol. The van der Waals surface area contributed by atoms with Crippen molar-refractivity contribution in [2.24, 2.45) is 0 Å². The van der Waals surface area contributed by atoms with E-state index >= 15 is 0 Å². The molecular formula is C12H13F2NO3. The third-order valence-electron chi connectivity index (χ3n) is 2.92. The third kappa shape index (κ3) is 2.49. The third-order valence-corrected chi connectivity index (χ3v) is 2.92. The van der Waals surface area contributed by atoms with Crippen LogP contribution in [0.2, 0.25) is 0 Å². The number of aliphatic carboxylic acids is 1. The number of hydrogen-bond acceptors (Lipinski definition) is 3. The maximum Gasteiger partial charge on any atom is 0.325 e. The van der Waals surface area contributed by atoms with Gasteiger partial charge in [-0.15, -0.1) is 0 Å². The molecule has 0 spiro atoms. The van der Waals surface area contributed by atoms with Crippen LogP contribution in [0.25, 0.3) is 0 Å². The predicted octanol–water partition coefficient (Wildman–Crippen LogP) is 1.42. The zero-order valence-corrected chi connectivity index (χ0v) is 9.60. The van der Waals surface area contributed by atoms with E-state index in [4.69, 9.17) is 4.74 Å². The Morgan fingerprint density at radius 2 is 2.00 bits per heavy atom. The van der Waals surface area contributed by atoms with Gasteiger partial charge in [0.25, 0.3) is 0 Å². The molecule has 1 heterocycles. The summed E-state index contributed by atoms with van der Waals surface area (Å²) in [6, 6.07) is 2.40. The van der Waals surface area contributed by atoms with Gasteiger partial charge in [-0.3, -0.25) is 9.69 Å². The summed E-state index contributed by atoms with van der Waals surface area (Å²) in [4.78, 5) is 12.9. The van der Waals surface area contributed by atoms with Gasteiger partial charge >= 0.3 is 5.97 Å². The molecule has 1 saturated heterocycles. The van der Waals surface area contributed by atoms with Gasteiger partial charge in [0.05, 0.1) is 13.2 Å². The number of nitrogens with zero attached hydrogens (tertiary/aromatic N) is 1. The van der Waals surface area contributed by atoms with E-state index < -0.39 is 23.6 Å². The lowest BCUT2D eigenvalue weighted by Gasteiger charge is -2.32. The summed E-state index contributed by atoms with van der Waals surface area (Å²) >= 11 is 0. The molecule has 6 heteroatoms. The summed E-state index contributed by atoms with van der Waals surface area (Å²) in [5.41, 5.74) is -0.149. The van der Waals surface area contributed by atoms with Gasteiger partial charge < -0.3 is 9.84 Å². The molecule has 0 bridgehead atoms. The molecule has 1 unspecified atom stereocenters. The molecule has 98 valence electrons. The van der Waals surface area contributed by atoms with Gasteiger partial charge in [0.2, 0.25) is 0 Å². The van der Waals surface area contributed by atoms with E-state index in [0.29, 0.717) is 26.3 Å². The average molecular weight is 257 g/mol. The number of carbonyl (C=O) groups is 1. The normalized spacial score (nSPS) is 18.6. The fraction of sp³-hybridized carbons (Fsp3) is 0.417. The first-order chi connectivity index (χ1) is 8.61. The van der Waals surface area contributed by atoms with Crippen molar-refractivity contribution in [2.45, 2.75) is 6.04 Å². The van der Waals surface area contributed by atoms with Gasteiger partial charge in [-0.1, -0.05) is 12.1 Å². The van der Waals surface area contributed by atoms with Crippen LogP contribution >= 0.6 is 0 Å². The van der Waals surface area contributed by atoms with Crippen LogP contribution in [-0.2, 0) is 9.53 Å². The highest BCUT2D eigenvalue weighted by Crippen LogP contribution is 2.25. The number of rotatable bonds is 3. The lowest BCUT2D eigenvalue weighted by Crippen LogP contribution is -2.42. The van der Waals surface area contributed by atoms with E-state index in [-0.39, 0.29) is 5.56 Å². The molecule has 0 radical (unpaired) electrons. The Kier molecular flexibility index (Phi) is 3.88. The lowest BCUT2D eigenvalue weighted by atomic mass is 10.0. The SMILES string of the molecule is O=C(O)C(c1cccc(F)c1F)N1CCOCC1. The van der Waals surface area contributed by atoms with Crippen LogP contribution < -0.4 is 0 Å². The average Bonchev–Trinajstić information content (AvgIpc) is 2.36. The summed E-state index contributed by atoms with van der Waals surface area (Å²) in [5, 5.41) is 9.22. The Hall–Kier alpha value is -1.53. The number of hydrogen-bond donors (Lipinski definition) is 1. The molecule has 1 aromatic carbocycles. The molecule has 1 aliphatic rings. The van der Waals surface area contributed by atoms with Crippen LogP contribution in [-0.4, -0.2) is 42.3 Å². The molecule has 1 aromatic rings. The first-order valence-corrected chi connectivity index (χ1v) is 5.60. The van der Waals surface area contributed by atoms with Crippen molar-refractivity contribution in [1.82, 2.24) is 4.90 Å². The molecule has 1 N–H and O–H groups in total. The molecule has 2 rings (SSSR count). The van der Waals surface area contributed by atoms with Gasteiger partial charge in [0.1, 0.15) is 6.04 Å². The molecule has 1 atom stereocenters. The number of carboxylic acid groups (broad SMARTS) is 1. The van der Waals surface area contributed by atoms with E-state index in [1.807, 2.05) is 0 Å². The maximum absolute atomic E-state index is 13.7. The minimum Gasteiger partial charge on any atom is -0.480 e. The molecule has 18 heavy (non-hydrogen) atoms. The van der Waals surface area contributed by atoms with Gasteiger partial charge in [-0.2, -0.15) is 0 Å². The van der Waals surface area contributed by atoms with Crippen molar-refractivity contribution in [3.63, 3.8) is 0 Å².